The van der Waals surface area contributed by atoms with Gasteiger partial charge in [0.2, 0.25) is 5.78 Å². The topological polar surface area (TPSA) is 34.1 Å². The van der Waals surface area contributed by atoms with E-state index in [4.69, 9.17) is 0 Å². The summed E-state index contributed by atoms with van der Waals surface area (Å²) in [5, 5.41) is 0. The lowest BCUT2D eigenvalue weighted by molar-refractivity contribution is 0.102. The summed E-state index contributed by atoms with van der Waals surface area (Å²) in [5.41, 5.74) is 4.51. The van der Waals surface area contributed by atoms with Crippen LogP contribution in [0.3, 0.4) is 0 Å². The van der Waals surface area contributed by atoms with Crippen LogP contribution in [-0.4, -0.2) is 11.5 Å². The lowest BCUT2D eigenvalue weighted by atomic mass is 9.89. The van der Waals surface area contributed by atoms with E-state index in [2.05, 4.69) is 0 Å². The van der Waals surface area contributed by atoms with Crippen molar-refractivity contribution in [1.29, 1.82) is 0 Å². The first kappa shape index (κ1) is 15.3. The SMILES string of the molecule is O=[S+]CC(=O)c1cccc(-c2ccccc2)c1-c1ccccc1. The summed E-state index contributed by atoms with van der Waals surface area (Å²) in [6, 6.07) is 25.5. The van der Waals surface area contributed by atoms with Gasteiger partial charge < -0.3 is 0 Å². The predicted octanol–water partition coefficient (Wildman–Crippen LogP) is 4.63. The van der Waals surface area contributed by atoms with Crippen molar-refractivity contribution in [1.82, 2.24) is 0 Å². The molecule has 112 valence electrons. The number of ketones is 1. The zero-order valence-corrected chi connectivity index (χ0v) is 13.3. The maximum Gasteiger partial charge on any atom is 0.467 e. The highest BCUT2D eigenvalue weighted by atomic mass is 32.1. The summed E-state index contributed by atoms with van der Waals surface area (Å²) in [7, 11) is 0. The summed E-state index contributed by atoms with van der Waals surface area (Å²) in [6.07, 6.45) is 0. The molecule has 0 spiro atoms. The van der Waals surface area contributed by atoms with Crippen LogP contribution in [0.2, 0.25) is 0 Å². The van der Waals surface area contributed by atoms with Crippen LogP contribution in [0.15, 0.2) is 78.9 Å². The number of carbonyl (C=O) groups is 1. The predicted molar refractivity (Wildman–Crippen MR) is 94.6 cm³/mol. The first-order valence-corrected chi connectivity index (χ1v) is 8.24. The molecule has 0 saturated carbocycles. The van der Waals surface area contributed by atoms with Crippen molar-refractivity contribution in [2.24, 2.45) is 0 Å². The molecular formula is C20H15O2S+. The third kappa shape index (κ3) is 3.25. The molecule has 3 rings (SSSR count). The highest BCUT2D eigenvalue weighted by molar-refractivity contribution is 7.66. The molecule has 0 N–H and O–H groups in total. The number of carbonyl (C=O) groups excluding carboxylic acids is 1. The first-order valence-electron chi connectivity index (χ1n) is 7.33. The number of rotatable bonds is 5. The van der Waals surface area contributed by atoms with Crippen LogP contribution in [0.1, 0.15) is 10.4 Å². The summed E-state index contributed by atoms with van der Waals surface area (Å²) >= 11 is 0.311. The third-order valence-electron chi connectivity index (χ3n) is 3.70. The Morgan fingerprint density at radius 3 is 1.96 bits per heavy atom. The van der Waals surface area contributed by atoms with Crippen molar-refractivity contribution >= 4 is 17.4 Å². The lowest BCUT2D eigenvalue weighted by Crippen LogP contribution is -2.07. The minimum atomic E-state index is -0.137. The molecular weight excluding hydrogens is 304 g/mol. The minimum absolute atomic E-state index is 0.0575. The molecule has 0 saturated heterocycles. The quantitative estimate of drug-likeness (QED) is 0.507. The second kappa shape index (κ2) is 7.07. The Bertz CT molecular complexity index is 827. The van der Waals surface area contributed by atoms with Gasteiger partial charge in [-0.15, -0.1) is 0 Å². The molecule has 3 heteroatoms. The van der Waals surface area contributed by atoms with Gasteiger partial charge >= 0.3 is 11.7 Å². The van der Waals surface area contributed by atoms with Gasteiger partial charge in [0, 0.05) is 15.3 Å². The second-order valence-corrected chi connectivity index (χ2v) is 5.67. The van der Waals surface area contributed by atoms with Gasteiger partial charge in [-0.05, 0) is 16.7 Å². The van der Waals surface area contributed by atoms with Crippen LogP contribution in [0.5, 0.6) is 0 Å². The molecule has 0 amide bonds. The van der Waals surface area contributed by atoms with E-state index in [1.165, 1.54) is 0 Å². The van der Waals surface area contributed by atoms with Gasteiger partial charge in [-0.2, -0.15) is 0 Å². The van der Waals surface area contributed by atoms with E-state index < -0.39 is 0 Å². The van der Waals surface area contributed by atoms with E-state index in [-0.39, 0.29) is 11.5 Å². The number of hydrogen-bond acceptors (Lipinski definition) is 2. The molecule has 0 bridgehead atoms. The molecule has 0 unspecified atom stereocenters. The summed E-state index contributed by atoms with van der Waals surface area (Å²) < 4.78 is 10.8. The van der Waals surface area contributed by atoms with E-state index >= 15 is 0 Å². The third-order valence-corrected chi connectivity index (χ3v) is 4.08. The van der Waals surface area contributed by atoms with Crippen molar-refractivity contribution in [3.8, 4) is 22.3 Å². The van der Waals surface area contributed by atoms with Crippen molar-refractivity contribution in [3.63, 3.8) is 0 Å². The van der Waals surface area contributed by atoms with Gasteiger partial charge in [0.15, 0.2) is 0 Å². The second-order valence-electron chi connectivity index (χ2n) is 5.15. The maximum atomic E-state index is 12.4. The van der Waals surface area contributed by atoms with Crippen LogP contribution < -0.4 is 0 Å². The van der Waals surface area contributed by atoms with Crippen molar-refractivity contribution in [2.45, 2.75) is 0 Å². The molecule has 0 fully saturated rings. The molecule has 0 aliphatic rings. The summed E-state index contributed by atoms with van der Waals surface area (Å²) in [6.45, 7) is 0. The van der Waals surface area contributed by atoms with Crippen LogP contribution in [0.25, 0.3) is 22.3 Å². The van der Waals surface area contributed by atoms with Gasteiger partial charge in [-0.3, -0.25) is 4.79 Å². The Labute approximate surface area is 139 Å². The molecule has 3 aromatic carbocycles. The first-order chi connectivity index (χ1) is 11.3. The van der Waals surface area contributed by atoms with Gasteiger partial charge in [0.25, 0.3) is 5.75 Å². The smallest absolute Gasteiger partial charge is 0.288 e. The van der Waals surface area contributed by atoms with Crippen molar-refractivity contribution in [2.75, 3.05) is 5.75 Å². The van der Waals surface area contributed by atoms with Crippen molar-refractivity contribution in [3.05, 3.63) is 84.4 Å². The molecule has 3 aromatic rings. The van der Waals surface area contributed by atoms with E-state index in [1.807, 2.05) is 72.8 Å². The Kier molecular flexibility index (Phi) is 4.69. The number of Topliss-reactive ketones (excluding diaryl/α,β-unsaturated/α-hetero) is 1. The standard InChI is InChI=1S/C20H15O2S/c21-19(14-23-22)18-13-7-12-17(15-8-3-1-4-9-15)20(18)16-10-5-2-6-11-16/h1-13H,14H2/q+1. The maximum absolute atomic E-state index is 12.4. The van der Waals surface area contributed by atoms with Gasteiger partial charge in [-0.1, -0.05) is 78.9 Å². The lowest BCUT2D eigenvalue weighted by Gasteiger charge is -2.13. The molecule has 23 heavy (non-hydrogen) atoms. The van der Waals surface area contributed by atoms with E-state index in [1.54, 1.807) is 6.07 Å². The van der Waals surface area contributed by atoms with Crippen LogP contribution in [-0.2, 0) is 15.9 Å². The monoisotopic (exact) mass is 319 g/mol. The average molecular weight is 319 g/mol. The van der Waals surface area contributed by atoms with Crippen molar-refractivity contribution < 1.29 is 9.00 Å². The molecule has 0 aliphatic heterocycles. The van der Waals surface area contributed by atoms with E-state index in [0.717, 1.165) is 22.3 Å². The van der Waals surface area contributed by atoms with Gasteiger partial charge in [-0.25, -0.2) is 0 Å². The molecule has 0 aromatic heterocycles. The fraction of sp³-hybridized carbons (Fsp3) is 0.0500. The number of hydrogen-bond donors (Lipinski definition) is 0. The minimum Gasteiger partial charge on any atom is -0.288 e. The highest BCUT2D eigenvalue weighted by Crippen LogP contribution is 2.35. The average Bonchev–Trinajstić information content (AvgIpc) is 2.63. The normalized spacial score (nSPS) is 10.3. The zero-order valence-electron chi connectivity index (χ0n) is 12.4. The Morgan fingerprint density at radius 2 is 1.35 bits per heavy atom. The van der Waals surface area contributed by atoms with E-state index in [9.17, 15) is 9.00 Å². The summed E-state index contributed by atoms with van der Waals surface area (Å²) in [5.74, 6) is -0.195. The fourth-order valence-electron chi connectivity index (χ4n) is 2.69. The molecule has 0 heterocycles. The Morgan fingerprint density at radius 1 is 0.739 bits per heavy atom. The molecule has 0 radical (unpaired) electrons. The molecule has 0 atom stereocenters. The molecule has 2 nitrogen and oxygen atoms in total. The van der Waals surface area contributed by atoms with Crippen LogP contribution in [0.4, 0.5) is 0 Å². The highest BCUT2D eigenvalue weighted by Gasteiger charge is 2.20. The fourth-order valence-corrected chi connectivity index (χ4v) is 2.95. The van der Waals surface area contributed by atoms with Gasteiger partial charge in [0.05, 0.1) is 0 Å². The zero-order chi connectivity index (χ0) is 16.1. The summed E-state index contributed by atoms with van der Waals surface area (Å²) in [4.78, 5) is 12.4. The number of benzene rings is 3. The van der Waals surface area contributed by atoms with Gasteiger partial charge in [0.1, 0.15) is 0 Å². The Hall–Kier alpha value is -2.65. The van der Waals surface area contributed by atoms with Crippen LogP contribution >= 0.6 is 0 Å². The molecule has 0 aliphatic carbocycles. The Balaban J connectivity index is 2.27. The van der Waals surface area contributed by atoms with Crippen LogP contribution in [0, 0.1) is 0 Å². The van der Waals surface area contributed by atoms with E-state index in [0.29, 0.717) is 17.2 Å². The largest absolute Gasteiger partial charge is 0.467 e.